The van der Waals surface area contributed by atoms with E-state index < -0.39 is 11.9 Å². The van der Waals surface area contributed by atoms with Crippen molar-refractivity contribution in [2.75, 3.05) is 0 Å². The molecular formula is C8H9NO3. The average Bonchev–Trinajstić information content (AvgIpc) is 2.53. The molecule has 64 valence electrons. The number of carboxylic acid groups (broad SMARTS) is 1. The molecule has 4 nitrogen and oxygen atoms in total. The van der Waals surface area contributed by atoms with Crippen LogP contribution in [0.5, 0.6) is 0 Å². The standard InChI is InChI=1S/C8H9NO3/c10-7-2-1-6-5(8(11)12)3-4-9(6)7/h3-6H,1-2H2,(H,11,12). The summed E-state index contributed by atoms with van der Waals surface area (Å²) in [6, 6.07) is -0.116. The predicted octanol–water partition coefficient (Wildman–Crippen LogP) is 0.206. The molecule has 1 N–H and O–H groups in total. The number of aliphatic carboxylic acids is 1. The zero-order valence-electron chi connectivity index (χ0n) is 6.43. The molecule has 2 atom stereocenters. The van der Waals surface area contributed by atoms with E-state index in [9.17, 15) is 9.59 Å². The first kappa shape index (κ1) is 7.34. The number of carboxylic acids is 1. The molecule has 0 aromatic heterocycles. The van der Waals surface area contributed by atoms with E-state index in [1.165, 1.54) is 0 Å². The Labute approximate surface area is 69.5 Å². The Kier molecular flexibility index (Phi) is 1.43. The van der Waals surface area contributed by atoms with Crippen molar-refractivity contribution in [1.29, 1.82) is 0 Å². The summed E-state index contributed by atoms with van der Waals surface area (Å²) < 4.78 is 0. The van der Waals surface area contributed by atoms with Crippen LogP contribution in [-0.2, 0) is 9.59 Å². The van der Waals surface area contributed by atoms with Gasteiger partial charge in [-0.1, -0.05) is 6.08 Å². The number of amides is 1. The maximum absolute atomic E-state index is 11.1. The van der Waals surface area contributed by atoms with E-state index >= 15 is 0 Å². The lowest BCUT2D eigenvalue weighted by molar-refractivity contribution is -0.141. The van der Waals surface area contributed by atoms with Gasteiger partial charge in [0.25, 0.3) is 0 Å². The summed E-state index contributed by atoms with van der Waals surface area (Å²) in [6.07, 6.45) is 4.34. The highest BCUT2D eigenvalue weighted by atomic mass is 16.4. The van der Waals surface area contributed by atoms with Crippen LogP contribution in [0.3, 0.4) is 0 Å². The van der Waals surface area contributed by atoms with E-state index in [1.807, 2.05) is 0 Å². The van der Waals surface area contributed by atoms with E-state index in [-0.39, 0.29) is 11.9 Å². The van der Waals surface area contributed by atoms with Crippen LogP contribution in [0.4, 0.5) is 0 Å². The van der Waals surface area contributed by atoms with Crippen LogP contribution in [0, 0.1) is 5.92 Å². The van der Waals surface area contributed by atoms with E-state index in [4.69, 9.17) is 5.11 Å². The van der Waals surface area contributed by atoms with Crippen molar-refractivity contribution in [1.82, 2.24) is 4.90 Å². The van der Waals surface area contributed by atoms with Crippen molar-refractivity contribution < 1.29 is 14.7 Å². The van der Waals surface area contributed by atoms with Gasteiger partial charge < -0.3 is 10.0 Å². The third-order valence-electron chi connectivity index (χ3n) is 2.45. The minimum Gasteiger partial charge on any atom is -0.481 e. The first-order valence-electron chi connectivity index (χ1n) is 3.92. The van der Waals surface area contributed by atoms with Gasteiger partial charge >= 0.3 is 5.97 Å². The lowest BCUT2D eigenvalue weighted by Gasteiger charge is -2.16. The number of nitrogens with zero attached hydrogens (tertiary/aromatic N) is 1. The first-order chi connectivity index (χ1) is 5.70. The van der Waals surface area contributed by atoms with Crippen LogP contribution in [0.2, 0.25) is 0 Å². The second-order valence-electron chi connectivity index (χ2n) is 3.11. The molecule has 0 bridgehead atoms. The number of hydrogen-bond donors (Lipinski definition) is 1. The van der Waals surface area contributed by atoms with Gasteiger partial charge in [0.05, 0.1) is 12.0 Å². The summed E-state index contributed by atoms with van der Waals surface area (Å²) >= 11 is 0. The van der Waals surface area contributed by atoms with E-state index in [0.717, 1.165) is 0 Å². The molecule has 1 saturated heterocycles. The third kappa shape index (κ3) is 0.841. The highest BCUT2D eigenvalue weighted by Crippen LogP contribution is 2.31. The number of carbonyl (C=O) groups is 2. The smallest absolute Gasteiger partial charge is 0.312 e. The van der Waals surface area contributed by atoms with Gasteiger partial charge in [-0.3, -0.25) is 9.59 Å². The van der Waals surface area contributed by atoms with Gasteiger partial charge in [0, 0.05) is 12.6 Å². The van der Waals surface area contributed by atoms with Gasteiger partial charge in [-0.25, -0.2) is 0 Å². The van der Waals surface area contributed by atoms with Crippen molar-refractivity contribution in [3.8, 4) is 0 Å². The van der Waals surface area contributed by atoms with Crippen LogP contribution in [-0.4, -0.2) is 27.9 Å². The van der Waals surface area contributed by atoms with Crippen LogP contribution < -0.4 is 0 Å². The zero-order chi connectivity index (χ0) is 8.72. The lowest BCUT2D eigenvalue weighted by atomic mass is 10.0. The molecule has 0 spiro atoms. The Bertz CT molecular complexity index is 271. The largest absolute Gasteiger partial charge is 0.481 e. The zero-order valence-corrected chi connectivity index (χ0v) is 6.43. The maximum atomic E-state index is 11.1. The lowest BCUT2D eigenvalue weighted by Crippen LogP contribution is -2.31. The highest BCUT2D eigenvalue weighted by Gasteiger charge is 2.41. The number of carbonyl (C=O) groups excluding carboxylic acids is 1. The predicted molar refractivity (Wildman–Crippen MR) is 40.1 cm³/mol. The Morgan fingerprint density at radius 1 is 1.67 bits per heavy atom. The molecule has 2 unspecified atom stereocenters. The molecule has 2 aliphatic heterocycles. The SMILES string of the molecule is O=C(O)C1C=CN2C(=O)CCC12. The van der Waals surface area contributed by atoms with Crippen LogP contribution in [0.15, 0.2) is 12.3 Å². The molecule has 0 radical (unpaired) electrons. The van der Waals surface area contributed by atoms with E-state index in [2.05, 4.69) is 0 Å². The molecule has 12 heavy (non-hydrogen) atoms. The Morgan fingerprint density at radius 3 is 3.08 bits per heavy atom. The average molecular weight is 167 g/mol. The fourth-order valence-electron chi connectivity index (χ4n) is 1.83. The third-order valence-corrected chi connectivity index (χ3v) is 2.45. The summed E-state index contributed by atoms with van der Waals surface area (Å²) in [5.74, 6) is -1.29. The van der Waals surface area contributed by atoms with Gasteiger partial charge in [0.15, 0.2) is 0 Å². The molecular weight excluding hydrogens is 158 g/mol. The van der Waals surface area contributed by atoms with E-state index in [1.54, 1.807) is 17.2 Å². The van der Waals surface area contributed by atoms with Crippen molar-refractivity contribution in [3.05, 3.63) is 12.3 Å². The summed E-state index contributed by atoms with van der Waals surface area (Å²) in [6.45, 7) is 0. The summed E-state index contributed by atoms with van der Waals surface area (Å²) in [5.41, 5.74) is 0. The quantitative estimate of drug-likeness (QED) is 0.607. The van der Waals surface area contributed by atoms with Crippen LogP contribution in [0.1, 0.15) is 12.8 Å². The van der Waals surface area contributed by atoms with Crippen molar-refractivity contribution >= 4 is 11.9 Å². The molecule has 1 amide bonds. The fraction of sp³-hybridized carbons (Fsp3) is 0.500. The number of rotatable bonds is 1. The monoisotopic (exact) mass is 167 g/mol. The maximum Gasteiger partial charge on any atom is 0.312 e. The minimum absolute atomic E-state index is 0.0417. The van der Waals surface area contributed by atoms with Gasteiger partial charge in [-0.15, -0.1) is 0 Å². The fourth-order valence-corrected chi connectivity index (χ4v) is 1.83. The number of fused-ring (bicyclic) bond motifs is 1. The second kappa shape index (κ2) is 2.33. The van der Waals surface area contributed by atoms with Gasteiger partial charge in [-0.05, 0) is 6.42 Å². The summed E-state index contributed by atoms with van der Waals surface area (Å²) in [7, 11) is 0. The molecule has 2 aliphatic rings. The minimum atomic E-state index is -0.839. The molecule has 4 heteroatoms. The van der Waals surface area contributed by atoms with Crippen molar-refractivity contribution in [2.24, 2.45) is 5.92 Å². The van der Waals surface area contributed by atoms with Gasteiger partial charge in [0.1, 0.15) is 0 Å². The van der Waals surface area contributed by atoms with Gasteiger partial charge in [0.2, 0.25) is 5.91 Å². The van der Waals surface area contributed by atoms with E-state index in [0.29, 0.717) is 12.8 Å². The molecule has 0 aromatic rings. The molecule has 0 saturated carbocycles. The topological polar surface area (TPSA) is 57.6 Å². The van der Waals surface area contributed by atoms with Crippen molar-refractivity contribution in [2.45, 2.75) is 18.9 Å². The molecule has 2 rings (SSSR count). The second-order valence-corrected chi connectivity index (χ2v) is 3.11. The number of hydrogen-bond acceptors (Lipinski definition) is 2. The molecule has 0 aliphatic carbocycles. The Hall–Kier alpha value is -1.32. The van der Waals surface area contributed by atoms with Crippen LogP contribution >= 0.6 is 0 Å². The normalized spacial score (nSPS) is 32.7. The van der Waals surface area contributed by atoms with Crippen molar-refractivity contribution in [3.63, 3.8) is 0 Å². The molecule has 1 fully saturated rings. The van der Waals surface area contributed by atoms with Gasteiger partial charge in [-0.2, -0.15) is 0 Å². The van der Waals surface area contributed by atoms with Crippen LogP contribution in [0.25, 0.3) is 0 Å². The Morgan fingerprint density at radius 2 is 2.42 bits per heavy atom. The summed E-state index contributed by atoms with van der Waals surface area (Å²) in [4.78, 5) is 23.3. The Balaban J connectivity index is 2.21. The molecule has 2 heterocycles. The molecule has 0 aromatic carbocycles. The highest BCUT2D eigenvalue weighted by molar-refractivity contribution is 5.84. The first-order valence-corrected chi connectivity index (χ1v) is 3.92. The summed E-state index contributed by atoms with van der Waals surface area (Å²) in [5, 5.41) is 8.76.